The van der Waals surface area contributed by atoms with E-state index < -0.39 is 0 Å². The average molecular weight is 307 g/mol. The predicted octanol–water partition coefficient (Wildman–Crippen LogP) is 1.82. The van der Waals surface area contributed by atoms with Gasteiger partial charge in [-0.1, -0.05) is 0 Å². The molecule has 2 aliphatic heterocycles. The second-order valence-electron chi connectivity index (χ2n) is 5.09. The fourth-order valence-electron chi connectivity index (χ4n) is 2.62. The molecule has 1 aromatic heterocycles. The molecule has 0 spiro atoms. The molecule has 0 aromatic carbocycles. The number of amides is 1. The Bertz CT molecular complexity index is 518. The zero-order valence-electron chi connectivity index (χ0n) is 11.3. The van der Waals surface area contributed by atoms with Crippen LogP contribution in [-0.4, -0.2) is 54.2 Å². The van der Waals surface area contributed by atoms with Gasteiger partial charge in [0.1, 0.15) is 0 Å². The van der Waals surface area contributed by atoms with E-state index in [2.05, 4.69) is 17.0 Å². The number of carbonyl (C=O) groups excluding carboxylic acids is 1. The van der Waals surface area contributed by atoms with Gasteiger partial charge in [-0.3, -0.25) is 9.69 Å². The monoisotopic (exact) mass is 307 g/mol. The number of carbonyl (C=O) groups is 1. The molecule has 0 N–H and O–H groups in total. The molecule has 0 bridgehead atoms. The van der Waals surface area contributed by atoms with E-state index in [0.29, 0.717) is 6.54 Å². The van der Waals surface area contributed by atoms with Crippen molar-refractivity contribution in [1.29, 1.82) is 5.26 Å². The molecular formula is C14H17N3OS2. The third-order valence-corrected chi connectivity index (χ3v) is 6.03. The van der Waals surface area contributed by atoms with Gasteiger partial charge in [0, 0.05) is 36.8 Å². The topological polar surface area (TPSA) is 47.3 Å². The summed E-state index contributed by atoms with van der Waals surface area (Å²) in [6, 6.07) is 4.26. The maximum Gasteiger partial charge on any atom is 0.264 e. The zero-order valence-corrected chi connectivity index (χ0v) is 12.9. The molecule has 0 radical (unpaired) electrons. The van der Waals surface area contributed by atoms with Gasteiger partial charge in [-0.2, -0.15) is 17.0 Å². The van der Waals surface area contributed by atoms with Crippen LogP contribution in [0.3, 0.4) is 0 Å². The maximum absolute atomic E-state index is 12.5. The summed E-state index contributed by atoms with van der Waals surface area (Å²) in [6.45, 7) is 3.54. The highest BCUT2D eigenvalue weighted by atomic mass is 32.2. The van der Waals surface area contributed by atoms with Gasteiger partial charge in [0.05, 0.1) is 17.5 Å². The van der Waals surface area contributed by atoms with Crippen molar-refractivity contribution >= 4 is 29.0 Å². The number of piperazine rings is 1. The third-order valence-electron chi connectivity index (χ3n) is 3.79. The lowest BCUT2D eigenvalue weighted by Crippen LogP contribution is -2.48. The van der Waals surface area contributed by atoms with Crippen molar-refractivity contribution in [3.8, 4) is 6.07 Å². The number of thioether (sulfide) groups is 1. The maximum atomic E-state index is 12.5. The molecule has 106 valence electrons. The van der Waals surface area contributed by atoms with E-state index in [4.69, 9.17) is 5.26 Å². The van der Waals surface area contributed by atoms with Crippen LogP contribution in [0, 0.1) is 11.3 Å². The minimum absolute atomic E-state index is 0.172. The van der Waals surface area contributed by atoms with Crippen LogP contribution in [0.5, 0.6) is 0 Å². The van der Waals surface area contributed by atoms with Crippen LogP contribution in [-0.2, 0) is 12.2 Å². The number of nitriles is 1. The van der Waals surface area contributed by atoms with Crippen LogP contribution in [0.15, 0.2) is 6.07 Å². The fraction of sp³-hybridized carbons (Fsp3) is 0.571. The molecule has 6 heteroatoms. The van der Waals surface area contributed by atoms with Crippen molar-refractivity contribution in [2.45, 2.75) is 12.2 Å². The molecule has 0 aliphatic carbocycles. The van der Waals surface area contributed by atoms with Crippen LogP contribution >= 0.6 is 23.1 Å². The molecule has 0 saturated carbocycles. The van der Waals surface area contributed by atoms with Crippen molar-refractivity contribution in [1.82, 2.24) is 9.80 Å². The van der Waals surface area contributed by atoms with E-state index in [1.165, 1.54) is 16.2 Å². The van der Waals surface area contributed by atoms with Crippen LogP contribution in [0.4, 0.5) is 0 Å². The normalized spacial score (nSPS) is 19.4. The summed E-state index contributed by atoms with van der Waals surface area (Å²) in [5.41, 5.74) is 1.36. The van der Waals surface area contributed by atoms with Crippen LogP contribution in [0.1, 0.15) is 20.1 Å². The first-order chi connectivity index (χ1) is 9.78. The van der Waals surface area contributed by atoms with E-state index in [1.54, 1.807) is 11.3 Å². The van der Waals surface area contributed by atoms with Crippen molar-refractivity contribution in [2.75, 3.05) is 38.5 Å². The molecule has 20 heavy (non-hydrogen) atoms. The molecule has 0 unspecified atom stereocenters. The number of rotatable bonds is 2. The number of hydrogen-bond donors (Lipinski definition) is 0. The molecule has 3 heterocycles. The zero-order chi connectivity index (χ0) is 13.9. The first kappa shape index (κ1) is 13.9. The molecule has 1 amide bonds. The van der Waals surface area contributed by atoms with Gasteiger partial charge in [0.15, 0.2) is 0 Å². The van der Waals surface area contributed by atoms with Crippen molar-refractivity contribution in [2.24, 2.45) is 0 Å². The smallest absolute Gasteiger partial charge is 0.264 e. The van der Waals surface area contributed by atoms with E-state index in [-0.39, 0.29) is 5.91 Å². The van der Waals surface area contributed by atoms with Gasteiger partial charge in [0.25, 0.3) is 5.91 Å². The SMILES string of the molecule is N#CCN1CCN(C(=O)c2cc3c(s2)CCSC3)CC1. The molecule has 1 fully saturated rings. The summed E-state index contributed by atoms with van der Waals surface area (Å²) in [5, 5.41) is 8.69. The van der Waals surface area contributed by atoms with Crippen molar-refractivity contribution < 1.29 is 4.79 Å². The molecule has 2 aliphatic rings. The Morgan fingerprint density at radius 2 is 2.15 bits per heavy atom. The molecule has 4 nitrogen and oxygen atoms in total. The third kappa shape index (κ3) is 2.85. The molecule has 1 saturated heterocycles. The lowest BCUT2D eigenvalue weighted by molar-refractivity contribution is 0.0656. The predicted molar refractivity (Wildman–Crippen MR) is 82.1 cm³/mol. The Labute approximate surface area is 127 Å². The molecule has 3 rings (SSSR count). The van der Waals surface area contributed by atoms with E-state index in [9.17, 15) is 4.79 Å². The highest BCUT2D eigenvalue weighted by Crippen LogP contribution is 2.32. The van der Waals surface area contributed by atoms with Gasteiger partial charge < -0.3 is 4.90 Å². The standard InChI is InChI=1S/C14H17N3OS2/c15-2-3-16-4-6-17(7-5-16)14(18)13-9-11-10-19-8-1-12(11)20-13/h9H,1,3-8,10H2. The van der Waals surface area contributed by atoms with Crippen LogP contribution < -0.4 is 0 Å². The summed E-state index contributed by atoms with van der Waals surface area (Å²) < 4.78 is 0. The van der Waals surface area contributed by atoms with Gasteiger partial charge >= 0.3 is 0 Å². The number of nitrogens with zero attached hydrogens (tertiary/aromatic N) is 3. The highest BCUT2D eigenvalue weighted by Gasteiger charge is 2.24. The van der Waals surface area contributed by atoms with Gasteiger partial charge in [-0.15, -0.1) is 11.3 Å². The molecular weight excluding hydrogens is 290 g/mol. The Morgan fingerprint density at radius 3 is 2.85 bits per heavy atom. The first-order valence-corrected chi connectivity index (χ1v) is 8.83. The van der Waals surface area contributed by atoms with Gasteiger partial charge in [-0.05, 0) is 23.8 Å². The first-order valence-electron chi connectivity index (χ1n) is 6.86. The Kier molecular flexibility index (Phi) is 4.29. The number of fused-ring (bicyclic) bond motifs is 1. The second-order valence-corrected chi connectivity index (χ2v) is 7.33. The van der Waals surface area contributed by atoms with Crippen molar-refractivity contribution in [3.05, 3.63) is 21.4 Å². The fourth-order valence-corrected chi connectivity index (χ4v) is 4.96. The van der Waals surface area contributed by atoms with E-state index in [1.807, 2.05) is 16.7 Å². The summed E-state index contributed by atoms with van der Waals surface area (Å²) in [6.07, 6.45) is 1.11. The largest absolute Gasteiger partial charge is 0.335 e. The minimum atomic E-state index is 0.172. The van der Waals surface area contributed by atoms with Crippen LogP contribution in [0.25, 0.3) is 0 Å². The Balaban J connectivity index is 1.65. The molecule has 1 aromatic rings. The minimum Gasteiger partial charge on any atom is -0.335 e. The number of thiophene rings is 1. The van der Waals surface area contributed by atoms with Gasteiger partial charge in [-0.25, -0.2) is 0 Å². The summed E-state index contributed by atoms with van der Waals surface area (Å²) in [4.78, 5) is 18.8. The summed E-state index contributed by atoms with van der Waals surface area (Å²) >= 11 is 3.63. The van der Waals surface area contributed by atoms with Crippen molar-refractivity contribution in [3.63, 3.8) is 0 Å². The Morgan fingerprint density at radius 1 is 1.35 bits per heavy atom. The van der Waals surface area contributed by atoms with E-state index >= 15 is 0 Å². The lowest BCUT2D eigenvalue weighted by Gasteiger charge is -2.33. The summed E-state index contributed by atoms with van der Waals surface area (Å²) in [5.74, 6) is 2.40. The number of hydrogen-bond acceptors (Lipinski definition) is 5. The van der Waals surface area contributed by atoms with E-state index in [0.717, 1.165) is 43.2 Å². The lowest BCUT2D eigenvalue weighted by atomic mass is 10.2. The summed E-state index contributed by atoms with van der Waals surface area (Å²) in [7, 11) is 0. The Hall–Kier alpha value is -1.03. The second kappa shape index (κ2) is 6.17. The van der Waals surface area contributed by atoms with Crippen LogP contribution in [0.2, 0.25) is 0 Å². The quantitative estimate of drug-likeness (QED) is 0.782. The molecule has 0 atom stereocenters. The number of aryl methyl sites for hydroxylation is 1. The average Bonchev–Trinajstić information content (AvgIpc) is 2.91. The highest BCUT2D eigenvalue weighted by molar-refractivity contribution is 7.98. The van der Waals surface area contributed by atoms with Gasteiger partial charge in [0.2, 0.25) is 0 Å².